The van der Waals surface area contributed by atoms with Gasteiger partial charge in [-0.1, -0.05) is 6.07 Å². The molecular weight excluding hydrogens is 214 g/mol. The van der Waals surface area contributed by atoms with Crippen molar-refractivity contribution in [3.05, 3.63) is 60.2 Å². The fourth-order valence-corrected chi connectivity index (χ4v) is 1.41. The molecule has 1 N–H and O–H groups in total. The molecule has 0 bridgehead atoms. The van der Waals surface area contributed by atoms with Crippen molar-refractivity contribution in [2.45, 2.75) is 0 Å². The lowest BCUT2D eigenvalue weighted by atomic mass is 10.1. The zero-order valence-corrected chi connectivity index (χ0v) is 8.91. The number of hydrogen-bond acceptors (Lipinski definition) is 4. The summed E-state index contributed by atoms with van der Waals surface area (Å²) in [6.07, 6.45) is 6.25. The van der Waals surface area contributed by atoms with Crippen molar-refractivity contribution in [3.8, 4) is 6.07 Å². The molecule has 2 heterocycles. The highest BCUT2D eigenvalue weighted by Crippen LogP contribution is 2.22. The maximum Gasteiger partial charge on any atom is 0.142 e. The summed E-state index contributed by atoms with van der Waals surface area (Å²) in [5.41, 5.74) is 1.27. The van der Waals surface area contributed by atoms with E-state index >= 15 is 0 Å². The molecule has 0 aliphatic rings. The molecule has 0 spiro atoms. The van der Waals surface area contributed by atoms with E-state index < -0.39 is 0 Å². The average Bonchev–Trinajstić information content (AvgIpc) is 2.42. The van der Waals surface area contributed by atoms with Crippen molar-refractivity contribution in [1.82, 2.24) is 9.97 Å². The zero-order valence-electron chi connectivity index (χ0n) is 8.91. The maximum absolute atomic E-state index is 10.0. The number of hydrogen-bond donors (Lipinski definition) is 1. The predicted molar refractivity (Wildman–Crippen MR) is 63.5 cm³/mol. The molecule has 0 unspecified atom stereocenters. The minimum Gasteiger partial charge on any atom is -0.506 e. The lowest BCUT2D eigenvalue weighted by Gasteiger charge is -2.03. The van der Waals surface area contributed by atoms with Gasteiger partial charge in [-0.3, -0.25) is 9.97 Å². The molecule has 2 aromatic heterocycles. The molecular formula is C13H9N3O. The Morgan fingerprint density at radius 2 is 1.65 bits per heavy atom. The van der Waals surface area contributed by atoms with Crippen LogP contribution in [0.25, 0.3) is 11.3 Å². The quantitative estimate of drug-likeness (QED) is 0.627. The molecule has 4 heteroatoms. The van der Waals surface area contributed by atoms with E-state index in [9.17, 15) is 5.11 Å². The van der Waals surface area contributed by atoms with Crippen molar-refractivity contribution in [2.24, 2.45) is 0 Å². The van der Waals surface area contributed by atoms with Gasteiger partial charge in [-0.25, -0.2) is 0 Å². The predicted octanol–water partition coefficient (Wildman–Crippen LogP) is 2.43. The minimum atomic E-state index is -0.0893. The molecule has 0 aliphatic heterocycles. The minimum absolute atomic E-state index is 0.0893. The molecule has 0 radical (unpaired) electrons. The number of aliphatic hydroxyl groups is 1. The van der Waals surface area contributed by atoms with E-state index in [1.54, 1.807) is 36.7 Å². The van der Waals surface area contributed by atoms with Crippen LogP contribution >= 0.6 is 0 Å². The number of rotatable bonds is 2. The summed E-state index contributed by atoms with van der Waals surface area (Å²) < 4.78 is 0. The third-order valence-corrected chi connectivity index (χ3v) is 2.23. The van der Waals surface area contributed by atoms with Gasteiger partial charge in [-0.2, -0.15) is 5.26 Å². The molecule has 2 rings (SSSR count). The Morgan fingerprint density at radius 1 is 1.06 bits per heavy atom. The molecule has 0 aliphatic carbocycles. The van der Waals surface area contributed by atoms with Gasteiger partial charge in [0.25, 0.3) is 0 Å². The van der Waals surface area contributed by atoms with Crippen LogP contribution in [0.4, 0.5) is 0 Å². The smallest absolute Gasteiger partial charge is 0.142 e. The van der Waals surface area contributed by atoms with Gasteiger partial charge < -0.3 is 5.11 Å². The molecule has 0 aromatic carbocycles. The van der Waals surface area contributed by atoms with Crippen LogP contribution in [0, 0.1) is 11.3 Å². The number of aliphatic hydroxyl groups excluding tert-OH is 1. The zero-order chi connectivity index (χ0) is 12.1. The maximum atomic E-state index is 10.0. The second kappa shape index (κ2) is 4.90. The van der Waals surface area contributed by atoms with Crippen molar-refractivity contribution in [3.63, 3.8) is 0 Å². The largest absolute Gasteiger partial charge is 0.506 e. The third-order valence-electron chi connectivity index (χ3n) is 2.23. The summed E-state index contributed by atoms with van der Waals surface area (Å²) in [7, 11) is 0. The van der Waals surface area contributed by atoms with Gasteiger partial charge in [-0.05, 0) is 18.2 Å². The first-order chi connectivity index (χ1) is 8.33. The summed E-state index contributed by atoms with van der Waals surface area (Å²) in [6.45, 7) is 0. The molecule has 0 saturated heterocycles. The lowest BCUT2D eigenvalue weighted by molar-refractivity contribution is 0.513. The molecule has 17 heavy (non-hydrogen) atoms. The summed E-state index contributed by atoms with van der Waals surface area (Å²) in [5.74, 6) is -0.0893. The Balaban J connectivity index is 2.53. The van der Waals surface area contributed by atoms with Gasteiger partial charge in [0.2, 0.25) is 0 Å². The van der Waals surface area contributed by atoms with E-state index in [0.717, 1.165) is 0 Å². The van der Waals surface area contributed by atoms with Crippen LogP contribution in [0.1, 0.15) is 11.1 Å². The van der Waals surface area contributed by atoms with Crippen molar-refractivity contribution in [2.75, 3.05) is 0 Å². The third kappa shape index (κ3) is 2.29. The summed E-state index contributed by atoms with van der Waals surface area (Å²) in [6, 6.07) is 8.80. The summed E-state index contributed by atoms with van der Waals surface area (Å²) in [4.78, 5) is 7.81. The molecule has 2 aromatic rings. The van der Waals surface area contributed by atoms with E-state index in [1.165, 1.54) is 12.4 Å². The molecule has 0 amide bonds. The second-order valence-electron chi connectivity index (χ2n) is 3.32. The van der Waals surface area contributed by atoms with E-state index in [1.807, 2.05) is 6.07 Å². The molecule has 4 nitrogen and oxygen atoms in total. The fourth-order valence-electron chi connectivity index (χ4n) is 1.41. The molecule has 0 atom stereocenters. The number of allylic oxidation sites excluding steroid dienone is 1. The van der Waals surface area contributed by atoms with Crippen LogP contribution in [-0.4, -0.2) is 15.1 Å². The van der Waals surface area contributed by atoms with Crippen LogP contribution < -0.4 is 0 Å². The number of aromatic nitrogens is 2. The van der Waals surface area contributed by atoms with Crippen molar-refractivity contribution < 1.29 is 5.11 Å². The summed E-state index contributed by atoms with van der Waals surface area (Å²) >= 11 is 0. The van der Waals surface area contributed by atoms with Gasteiger partial charge >= 0.3 is 0 Å². The van der Waals surface area contributed by atoms with Crippen molar-refractivity contribution >= 4 is 11.3 Å². The molecule has 0 saturated carbocycles. The van der Waals surface area contributed by atoms with Crippen LogP contribution in [0.15, 0.2) is 49.1 Å². The van der Waals surface area contributed by atoms with Gasteiger partial charge in [0, 0.05) is 35.9 Å². The number of pyridine rings is 2. The Hall–Kier alpha value is -2.67. The fraction of sp³-hybridized carbons (Fsp3) is 0. The normalized spacial score (nSPS) is 11.5. The van der Waals surface area contributed by atoms with Crippen molar-refractivity contribution in [1.29, 1.82) is 5.26 Å². The van der Waals surface area contributed by atoms with Crippen LogP contribution in [0.5, 0.6) is 0 Å². The molecule has 82 valence electrons. The Labute approximate surface area is 98.5 Å². The lowest BCUT2D eigenvalue weighted by Crippen LogP contribution is -1.91. The topological polar surface area (TPSA) is 69.8 Å². The Kier molecular flexibility index (Phi) is 3.13. The highest BCUT2D eigenvalue weighted by Gasteiger charge is 2.10. The summed E-state index contributed by atoms with van der Waals surface area (Å²) in [5, 5.41) is 19.1. The standard InChI is InChI=1S/C13H9N3O/c14-7-12(10-3-1-5-15-8-10)13(17)11-4-2-6-16-9-11/h1-6,8-9,17H. The van der Waals surface area contributed by atoms with E-state index in [4.69, 9.17) is 5.26 Å². The van der Waals surface area contributed by atoms with E-state index in [-0.39, 0.29) is 11.3 Å². The first-order valence-electron chi connectivity index (χ1n) is 4.97. The first kappa shape index (κ1) is 10.8. The second-order valence-corrected chi connectivity index (χ2v) is 3.32. The van der Waals surface area contributed by atoms with Gasteiger partial charge in [0.15, 0.2) is 0 Å². The van der Waals surface area contributed by atoms with Crippen LogP contribution in [0.2, 0.25) is 0 Å². The number of nitriles is 1. The van der Waals surface area contributed by atoms with Crippen LogP contribution in [0.3, 0.4) is 0 Å². The van der Waals surface area contributed by atoms with Gasteiger partial charge in [-0.15, -0.1) is 0 Å². The molecule has 0 fully saturated rings. The van der Waals surface area contributed by atoms with Gasteiger partial charge in [0.05, 0.1) is 0 Å². The Morgan fingerprint density at radius 3 is 2.12 bits per heavy atom. The van der Waals surface area contributed by atoms with Gasteiger partial charge in [0.1, 0.15) is 17.4 Å². The SMILES string of the molecule is N#CC(=C(O)c1cccnc1)c1cccnc1. The highest BCUT2D eigenvalue weighted by molar-refractivity contribution is 5.93. The van der Waals surface area contributed by atoms with E-state index in [2.05, 4.69) is 9.97 Å². The van der Waals surface area contributed by atoms with E-state index in [0.29, 0.717) is 11.1 Å². The highest BCUT2D eigenvalue weighted by atomic mass is 16.3. The van der Waals surface area contributed by atoms with Crippen LogP contribution in [-0.2, 0) is 0 Å². The average molecular weight is 223 g/mol. The first-order valence-corrected chi connectivity index (χ1v) is 4.97. The monoisotopic (exact) mass is 223 g/mol. The number of nitrogens with zero attached hydrogens (tertiary/aromatic N) is 3. The Bertz CT molecular complexity index is 571.